The van der Waals surface area contributed by atoms with E-state index in [1.165, 1.54) is 6.08 Å². The number of ketones is 2. The van der Waals surface area contributed by atoms with Gasteiger partial charge in [0.2, 0.25) is 0 Å². The molecule has 0 amide bonds. The molecular formula is C11H12O5S. The summed E-state index contributed by atoms with van der Waals surface area (Å²) in [5.41, 5.74) is 0.184. The molecule has 0 aromatic heterocycles. The molecule has 0 aromatic carbocycles. The summed E-state index contributed by atoms with van der Waals surface area (Å²) in [6.45, 7) is 1.10. The monoisotopic (exact) mass is 256 g/mol. The first kappa shape index (κ1) is 12.2. The molecule has 1 fully saturated rings. The lowest BCUT2D eigenvalue weighted by atomic mass is 9.73. The molecule has 6 heteroatoms. The van der Waals surface area contributed by atoms with E-state index in [0.717, 1.165) is 6.92 Å². The predicted molar refractivity (Wildman–Crippen MR) is 59.9 cm³/mol. The Hall–Kier alpha value is -1.27. The summed E-state index contributed by atoms with van der Waals surface area (Å²) >= 11 is 0. The average Bonchev–Trinajstić information content (AvgIpc) is 2.25. The van der Waals surface area contributed by atoms with E-state index >= 15 is 0 Å². The lowest BCUT2D eigenvalue weighted by molar-refractivity contribution is -0.130. The summed E-state index contributed by atoms with van der Waals surface area (Å²) in [5, 5.41) is 0. The first-order valence-electron chi connectivity index (χ1n) is 5.18. The number of rotatable bonds is 1. The Morgan fingerprint density at radius 3 is 2.65 bits per heavy atom. The van der Waals surface area contributed by atoms with E-state index < -0.39 is 33.0 Å². The van der Waals surface area contributed by atoms with Crippen LogP contribution >= 0.6 is 0 Å². The molecule has 0 aromatic rings. The Balaban J connectivity index is 2.56. The standard InChI is InChI=1S/C11H12O5S/c1-11(17(14,15)16)6-9(12)7-4-2-3-5-8(7)10(11)13/h2-3,5,7H,4,6H2,1H3,(H,14,15,16). The van der Waals surface area contributed by atoms with Gasteiger partial charge >= 0.3 is 0 Å². The molecule has 1 saturated carbocycles. The Morgan fingerprint density at radius 1 is 1.41 bits per heavy atom. The largest absolute Gasteiger partial charge is 0.299 e. The van der Waals surface area contributed by atoms with Crippen molar-refractivity contribution in [3.63, 3.8) is 0 Å². The highest BCUT2D eigenvalue weighted by Crippen LogP contribution is 2.38. The highest BCUT2D eigenvalue weighted by atomic mass is 32.2. The van der Waals surface area contributed by atoms with Crippen LogP contribution in [-0.4, -0.2) is 29.3 Å². The number of fused-ring (bicyclic) bond motifs is 1. The van der Waals surface area contributed by atoms with Crippen LogP contribution in [-0.2, 0) is 19.7 Å². The predicted octanol–water partition coefficient (Wildman–Crippen LogP) is 0.677. The van der Waals surface area contributed by atoms with Gasteiger partial charge in [-0.15, -0.1) is 0 Å². The van der Waals surface area contributed by atoms with Gasteiger partial charge in [-0.3, -0.25) is 14.1 Å². The fraction of sp³-hybridized carbons (Fsp3) is 0.455. The molecule has 2 atom stereocenters. The highest BCUT2D eigenvalue weighted by molar-refractivity contribution is 7.88. The molecule has 17 heavy (non-hydrogen) atoms. The Kier molecular flexibility index (Phi) is 2.59. The van der Waals surface area contributed by atoms with E-state index in [2.05, 4.69) is 0 Å². The summed E-state index contributed by atoms with van der Waals surface area (Å²) in [4.78, 5) is 23.9. The minimum Gasteiger partial charge on any atom is -0.299 e. The van der Waals surface area contributed by atoms with Crippen molar-refractivity contribution in [2.75, 3.05) is 0 Å². The highest BCUT2D eigenvalue weighted by Gasteiger charge is 2.54. The van der Waals surface area contributed by atoms with Crippen LogP contribution in [0.2, 0.25) is 0 Å². The van der Waals surface area contributed by atoms with Crippen molar-refractivity contribution >= 4 is 21.7 Å². The minimum absolute atomic E-state index is 0.184. The average molecular weight is 256 g/mol. The van der Waals surface area contributed by atoms with Crippen molar-refractivity contribution in [3.05, 3.63) is 23.8 Å². The second-order valence-corrected chi connectivity index (χ2v) is 6.37. The van der Waals surface area contributed by atoms with Gasteiger partial charge < -0.3 is 0 Å². The van der Waals surface area contributed by atoms with Crippen molar-refractivity contribution in [2.24, 2.45) is 5.92 Å². The molecule has 0 bridgehead atoms. The molecule has 0 spiro atoms. The number of hydrogen-bond acceptors (Lipinski definition) is 4. The first-order valence-corrected chi connectivity index (χ1v) is 6.62. The molecule has 0 saturated heterocycles. The van der Waals surface area contributed by atoms with Crippen LogP contribution in [0.15, 0.2) is 23.8 Å². The van der Waals surface area contributed by atoms with Crippen molar-refractivity contribution in [3.8, 4) is 0 Å². The number of Topliss-reactive ketones (excluding diaryl/α,β-unsaturated/α-hetero) is 2. The SMILES string of the molecule is CC1(S(=O)(=O)O)CC(=O)C2CC=CC=C2C1=O. The molecule has 0 radical (unpaired) electrons. The summed E-state index contributed by atoms with van der Waals surface area (Å²) in [6, 6.07) is 0. The molecule has 0 aliphatic heterocycles. The lowest BCUT2D eigenvalue weighted by Gasteiger charge is -2.34. The lowest BCUT2D eigenvalue weighted by Crippen LogP contribution is -2.52. The van der Waals surface area contributed by atoms with Crippen LogP contribution in [0.5, 0.6) is 0 Å². The van der Waals surface area contributed by atoms with Crippen LogP contribution in [0.25, 0.3) is 0 Å². The van der Waals surface area contributed by atoms with Gasteiger partial charge in [-0.2, -0.15) is 8.42 Å². The van der Waals surface area contributed by atoms with E-state index in [1.54, 1.807) is 12.2 Å². The molecule has 0 heterocycles. The summed E-state index contributed by atoms with van der Waals surface area (Å²) in [5.74, 6) is -1.54. The van der Waals surface area contributed by atoms with Gasteiger partial charge in [0.05, 0.1) is 0 Å². The van der Waals surface area contributed by atoms with Gasteiger partial charge in [-0.25, -0.2) is 0 Å². The maximum Gasteiger partial charge on any atom is 0.278 e. The maximum absolute atomic E-state index is 12.1. The van der Waals surface area contributed by atoms with E-state index in [4.69, 9.17) is 4.55 Å². The van der Waals surface area contributed by atoms with Crippen molar-refractivity contribution in [1.82, 2.24) is 0 Å². The zero-order chi connectivity index (χ0) is 12.8. The zero-order valence-electron chi connectivity index (χ0n) is 9.21. The van der Waals surface area contributed by atoms with Crippen molar-refractivity contribution in [2.45, 2.75) is 24.5 Å². The van der Waals surface area contributed by atoms with Crippen molar-refractivity contribution in [1.29, 1.82) is 0 Å². The minimum atomic E-state index is -4.59. The number of carbonyl (C=O) groups is 2. The molecule has 2 rings (SSSR count). The van der Waals surface area contributed by atoms with E-state index in [1.807, 2.05) is 0 Å². The molecule has 2 aliphatic rings. The maximum atomic E-state index is 12.1. The fourth-order valence-corrected chi connectivity index (χ4v) is 2.89. The summed E-state index contributed by atoms with van der Waals surface area (Å²) in [6.07, 6.45) is 4.79. The van der Waals surface area contributed by atoms with Crippen LogP contribution in [0.3, 0.4) is 0 Å². The second kappa shape index (κ2) is 3.61. The van der Waals surface area contributed by atoms with Gasteiger partial charge in [0.15, 0.2) is 10.5 Å². The van der Waals surface area contributed by atoms with E-state index in [9.17, 15) is 18.0 Å². The topological polar surface area (TPSA) is 88.5 Å². The van der Waals surface area contributed by atoms with Crippen molar-refractivity contribution < 1.29 is 22.6 Å². The number of carbonyl (C=O) groups excluding carboxylic acids is 2. The third-order valence-corrected chi connectivity index (χ3v) is 4.84. The molecule has 5 nitrogen and oxygen atoms in total. The van der Waals surface area contributed by atoms with Crippen LogP contribution < -0.4 is 0 Å². The molecule has 2 aliphatic carbocycles. The summed E-state index contributed by atoms with van der Waals surface area (Å²) < 4.78 is 29.7. The number of hydrogen-bond donors (Lipinski definition) is 1. The van der Waals surface area contributed by atoms with Gasteiger partial charge in [0.25, 0.3) is 10.1 Å². The quantitative estimate of drug-likeness (QED) is 0.697. The summed E-state index contributed by atoms with van der Waals surface area (Å²) in [7, 11) is -4.59. The third-order valence-electron chi connectivity index (χ3n) is 3.37. The molecular weight excluding hydrogens is 244 g/mol. The smallest absolute Gasteiger partial charge is 0.278 e. The third kappa shape index (κ3) is 1.68. The fourth-order valence-electron chi connectivity index (χ4n) is 2.22. The van der Waals surface area contributed by atoms with E-state index in [0.29, 0.717) is 6.42 Å². The Bertz CT molecular complexity index is 554. The second-order valence-electron chi connectivity index (χ2n) is 4.52. The Morgan fingerprint density at radius 2 is 2.06 bits per heavy atom. The van der Waals surface area contributed by atoms with E-state index in [-0.39, 0.29) is 11.4 Å². The van der Waals surface area contributed by atoms with Gasteiger partial charge in [-0.1, -0.05) is 18.2 Å². The molecule has 92 valence electrons. The van der Waals surface area contributed by atoms with Gasteiger partial charge in [0.1, 0.15) is 5.78 Å². The normalized spacial score (nSPS) is 33.3. The Labute approximate surface area is 98.9 Å². The van der Waals surface area contributed by atoms with Crippen LogP contribution in [0.4, 0.5) is 0 Å². The first-order chi connectivity index (χ1) is 7.77. The zero-order valence-corrected chi connectivity index (χ0v) is 10.0. The van der Waals surface area contributed by atoms with Crippen LogP contribution in [0, 0.1) is 5.92 Å². The molecule has 1 N–H and O–H groups in total. The van der Waals surface area contributed by atoms with Gasteiger partial charge in [-0.05, 0) is 13.3 Å². The number of allylic oxidation sites excluding steroid dienone is 4. The van der Waals surface area contributed by atoms with Gasteiger partial charge in [0, 0.05) is 17.9 Å². The molecule has 2 unspecified atom stereocenters. The van der Waals surface area contributed by atoms with Crippen LogP contribution in [0.1, 0.15) is 19.8 Å².